The minimum Gasteiger partial charge on any atom is -0.392 e. The van der Waals surface area contributed by atoms with Gasteiger partial charge in [0.05, 0.1) is 11.8 Å². The quantitative estimate of drug-likeness (QED) is 0.868. The number of hydrogen-bond acceptors (Lipinski definition) is 4. The van der Waals surface area contributed by atoms with Gasteiger partial charge in [0.2, 0.25) is 0 Å². The second-order valence-electron chi connectivity index (χ2n) is 5.25. The Morgan fingerprint density at radius 3 is 2.70 bits per heavy atom. The highest BCUT2D eigenvalue weighted by molar-refractivity contribution is 5.32. The van der Waals surface area contributed by atoms with Gasteiger partial charge in [0.15, 0.2) is 0 Å². The molecule has 1 aliphatic carbocycles. The first kappa shape index (κ1) is 13.2. The number of benzene rings is 1. The molecule has 0 radical (unpaired) electrons. The predicted molar refractivity (Wildman–Crippen MR) is 71.9 cm³/mol. The van der Waals surface area contributed by atoms with Crippen LogP contribution in [0.25, 0.3) is 5.69 Å². The van der Waals surface area contributed by atoms with Crippen molar-refractivity contribution < 1.29 is 9.50 Å². The lowest BCUT2D eigenvalue weighted by Crippen LogP contribution is -2.40. The lowest BCUT2D eigenvalue weighted by Gasteiger charge is -2.30. The van der Waals surface area contributed by atoms with E-state index in [1.165, 1.54) is 18.5 Å². The number of halogens is 1. The summed E-state index contributed by atoms with van der Waals surface area (Å²) in [5.74, 6) is 0.707. The van der Waals surface area contributed by atoms with E-state index in [-0.39, 0.29) is 17.8 Å². The van der Waals surface area contributed by atoms with Crippen molar-refractivity contribution in [2.75, 3.05) is 0 Å². The Hall–Kier alpha value is -1.79. The van der Waals surface area contributed by atoms with Crippen LogP contribution in [-0.4, -0.2) is 32.0 Å². The highest BCUT2D eigenvalue weighted by Gasteiger charge is 2.30. The number of aromatic nitrogens is 3. The maximum Gasteiger partial charge on any atom is 0.138 e. The molecule has 1 saturated carbocycles. The largest absolute Gasteiger partial charge is 0.392 e. The van der Waals surface area contributed by atoms with Crippen molar-refractivity contribution in [1.29, 1.82) is 0 Å². The van der Waals surface area contributed by atoms with Gasteiger partial charge in [-0.3, -0.25) is 0 Å². The average molecular weight is 276 g/mol. The van der Waals surface area contributed by atoms with E-state index < -0.39 is 6.10 Å². The van der Waals surface area contributed by atoms with Crippen LogP contribution in [0.15, 0.2) is 30.6 Å². The molecule has 3 atom stereocenters. The first-order valence-corrected chi connectivity index (χ1v) is 6.74. The number of aliphatic hydroxyl groups excluding tert-OH is 1. The number of hydrogen-bond donors (Lipinski definition) is 2. The van der Waals surface area contributed by atoms with Gasteiger partial charge in [0, 0.05) is 12.0 Å². The number of rotatable bonds is 2. The fraction of sp³-hybridized carbons (Fsp3) is 0.429. The normalized spacial score (nSPS) is 26.6. The third-order valence-electron chi connectivity index (χ3n) is 3.87. The molecule has 20 heavy (non-hydrogen) atoms. The third kappa shape index (κ3) is 2.44. The van der Waals surface area contributed by atoms with Crippen LogP contribution in [0.5, 0.6) is 0 Å². The highest BCUT2D eigenvalue weighted by atomic mass is 19.1. The van der Waals surface area contributed by atoms with Crippen LogP contribution in [0.2, 0.25) is 0 Å². The van der Waals surface area contributed by atoms with Crippen LogP contribution in [-0.2, 0) is 0 Å². The van der Waals surface area contributed by atoms with Crippen molar-refractivity contribution in [1.82, 2.24) is 14.8 Å². The zero-order valence-corrected chi connectivity index (χ0v) is 11.0. The zero-order valence-electron chi connectivity index (χ0n) is 11.0. The van der Waals surface area contributed by atoms with E-state index in [2.05, 4.69) is 10.1 Å². The Morgan fingerprint density at radius 1 is 1.25 bits per heavy atom. The molecular weight excluding hydrogens is 259 g/mol. The molecule has 3 rings (SSSR count). The van der Waals surface area contributed by atoms with Gasteiger partial charge in [0.1, 0.15) is 18.0 Å². The molecule has 3 N–H and O–H groups in total. The molecular formula is C14H17FN4O. The average Bonchev–Trinajstić information content (AvgIpc) is 2.92. The smallest absolute Gasteiger partial charge is 0.138 e. The summed E-state index contributed by atoms with van der Waals surface area (Å²) < 4.78 is 14.7. The van der Waals surface area contributed by atoms with Crippen LogP contribution >= 0.6 is 0 Å². The molecule has 6 heteroatoms. The molecule has 0 amide bonds. The van der Waals surface area contributed by atoms with E-state index in [1.54, 1.807) is 16.8 Å². The van der Waals surface area contributed by atoms with Gasteiger partial charge < -0.3 is 10.8 Å². The molecule has 1 fully saturated rings. The molecule has 0 bridgehead atoms. The Morgan fingerprint density at radius 2 is 2.00 bits per heavy atom. The molecule has 1 aromatic carbocycles. The lowest BCUT2D eigenvalue weighted by atomic mass is 9.83. The third-order valence-corrected chi connectivity index (χ3v) is 3.87. The number of nitrogens with two attached hydrogens (primary N) is 1. The standard InChI is InChI=1S/C14H17FN4O/c15-10-2-4-11(5-3-10)19-14(17-8-18-19)9-1-6-13(20)12(16)7-9/h2-5,8-9,12-13,20H,1,6-7,16H2/t9-,12+,13+/m0/s1. The predicted octanol–water partition coefficient (Wildman–Crippen LogP) is 1.36. The van der Waals surface area contributed by atoms with Crippen LogP contribution in [0.3, 0.4) is 0 Å². The summed E-state index contributed by atoms with van der Waals surface area (Å²) in [5.41, 5.74) is 6.70. The molecule has 2 aromatic rings. The van der Waals surface area contributed by atoms with Crippen molar-refractivity contribution >= 4 is 0 Å². The van der Waals surface area contributed by atoms with E-state index >= 15 is 0 Å². The highest BCUT2D eigenvalue weighted by Crippen LogP contribution is 2.32. The summed E-state index contributed by atoms with van der Waals surface area (Å²) >= 11 is 0. The van der Waals surface area contributed by atoms with Crippen molar-refractivity contribution in [3.63, 3.8) is 0 Å². The fourth-order valence-electron chi connectivity index (χ4n) is 2.73. The minimum atomic E-state index is -0.437. The monoisotopic (exact) mass is 276 g/mol. The first-order chi connectivity index (χ1) is 9.65. The van der Waals surface area contributed by atoms with E-state index in [1.807, 2.05) is 0 Å². The Bertz CT molecular complexity index is 583. The molecule has 1 aromatic heterocycles. The van der Waals surface area contributed by atoms with Gasteiger partial charge in [-0.25, -0.2) is 14.1 Å². The number of nitrogens with zero attached hydrogens (tertiary/aromatic N) is 3. The van der Waals surface area contributed by atoms with Crippen LogP contribution in [0.4, 0.5) is 4.39 Å². The SMILES string of the molecule is N[C@@H]1C[C@@H](c2ncnn2-c2ccc(F)cc2)CC[C@H]1O. The van der Waals surface area contributed by atoms with Gasteiger partial charge in [-0.1, -0.05) is 0 Å². The van der Waals surface area contributed by atoms with Gasteiger partial charge in [0.25, 0.3) is 0 Å². The maximum atomic E-state index is 13.0. The van der Waals surface area contributed by atoms with E-state index in [0.717, 1.165) is 17.9 Å². The van der Waals surface area contributed by atoms with E-state index in [4.69, 9.17) is 5.73 Å². The second kappa shape index (κ2) is 5.30. The Kier molecular flexibility index (Phi) is 3.50. The van der Waals surface area contributed by atoms with Crippen LogP contribution < -0.4 is 5.73 Å². The van der Waals surface area contributed by atoms with Crippen molar-refractivity contribution in [2.24, 2.45) is 5.73 Å². The van der Waals surface area contributed by atoms with Gasteiger partial charge in [-0.05, 0) is 43.5 Å². The van der Waals surface area contributed by atoms with Crippen molar-refractivity contribution in [3.8, 4) is 5.69 Å². The van der Waals surface area contributed by atoms with Gasteiger partial charge in [-0.2, -0.15) is 5.10 Å². The minimum absolute atomic E-state index is 0.168. The maximum absolute atomic E-state index is 13.0. The van der Waals surface area contributed by atoms with Crippen molar-refractivity contribution in [2.45, 2.75) is 37.3 Å². The van der Waals surface area contributed by atoms with Gasteiger partial charge in [-0.15, -0.1) is 0 Å². The zero-order chi connectivity index (χ0) is 14.1. The van der Waals surface area contributed by atoms with Gasteiger partial charge >= 0.3 is 0 Å². The van der Waals surface area contributed by atoms with E-state index in [9.17, 15) is 9.50 Å². The molecule has 1 heterocycles. The second-order valence-corrected chi connectivity index (χ2v) is 5.25. The lowest BCUT2D eigenvalue weighted by molar-refractivity contribution is 0.0989. The number of aliphatic hydroxyl groups is 1. The molecule has 5 nitrogen and oxygen atoms in total. The molecule has 1 aliphatic rings. The van der Waals surface area contributed by atoms with E-state index in [0.29, 0.717) is 12.8 Å². The summed E-state index contributed by atoms with van der Waals surface area (Å²) in [4.78, 5) is 4.32. The topological polar surface area (TPSA) is 77.0 Å². The summed E-state index contributed by atoms with van der Waals surface area (Å²) in [6.45, 7) is 0. The molecule has 0 unspecified atom stereocenters. The Labute approximate surface area is 116 Å². The summed E-state index contributed by atoms with van der Waals surface area (Å²) in [5, 5.41) is 13.9. The molecule has 0 saturated heterocycles. The summed E-state index contributed by atoms with van der Waals surface area (Å²) in [6, 6.07) is 5.91. The van der Waals surface area contributed by atoms with Crippen LogP contribution in [0, 0.1) is 5.82 Å². The first-order valence-electron chi connectivity index (χ1n) is 6.74. The molecule has 106 valence electrons. The molecule has 0 spiro atoms. The fourth-order valence-corrected chi connectivity index (χ4v) is 2.73. The van der Waals surface area contributed by atoms with Crippen molar-refractivity contribution in [3.05, 3.63) is 42.2 Å². The molecule has 0 aliphatic heterocycles. The summed E-state index contributed by atoms with van der Waals surface area (Å²) in [6.07, 6.45) is 3.24. The summed E-state index contributed by atoms with van der Waals surface area (Å²) in [7, 11) is 0. The Balaban J connectivity index is 1.88. The van der Waals surface area contributed by atoms with Crippen LogP contribution in [0.1, 0.15) is 31.0 Å².